The molecule has 0 atom stereocenters. The smallest absolute Gasteiger partial charge is 0.236 e. The summed E-state index contributed by atoms with van der Waals surface area (Å²) in [5.41, 5.74) is 12.0. The van der Waals surface area contributed by atoms with E-state index in [-0.39, 0.29) is 13.1 Å². The topological polar surface area (TPSA) is 113 Å². The van der Waals surface area contributed by atoms with Crippen molar-refractivity contribution in [2.75, 3.05) is 18.0 Å². The molecule has 4 N–H and O–H groups in total. The average Bonchev–Trinajstić information content (AvgIpc) is 2.26. The Hall–Kier alpha value is -2.55. The van der Waals surface area contributed by atoms with Gasteiger partial charge in [-0.3, -0.25) is 9.59 Å². The maximum atomic E-state index is 11.0. The number of hydrogen-bond acceptors (Lipinski definition) is 4. The SMILES string of the molecule is Cc1ccc(N(CC(N)=O)CC(N)=O)c(C#N)c1. The summed E-state index contributed by atoms with van der Waals surface area (Å²) in [6, 6.07) is 7.14. The van der Waals surface area contributed by atoms with Gasteiger partial charge in [0.1, 0.15) is 6.07 Å². The van der Waals surface area contributed by atoms with Gasteiger partial charge in [0.05, 0.1) is 24.3 Å². The van der Waals surface area contributed by atoms with E-state index in [0.29, 0.717) is 11.3 Å². The molecule has 0 aliphatic rings. The van der Waals surface area contributed by atoms with Gasteiger partial charge >= 0.3 is 0 Å². The highest BCUT2D eigenvalue weighted by Gasteiger charge is 2.15. The molecule has 1 aromatic rings. The number of hydrogen-bond donors (Lipinski definition) is 2. The predicted octanol–water partition coefficient (Wildman–Crippen LogP) is -0.356. The summed E-state index contributed by atoms with van der Waals surface area (Å²) < 4.78 is 0. The number of anilines is 1. The summed E-state index contributed by atoms with van der Waals surface area (Å²) in [6.07, 6.45) is 0. The first kappa shape index (κ1) is 13.5. The van der Waals surface area contributed by atoms with Gasteiger partial charge in [-0.15, -0.1) is 0 Å². The van der Waals surface area contributed by atoms with Gasteiger partial charge in [0.15, 0.2) is 0 Å². The van der Waals surface area contributed by atoms with Crippen LogP contribution in [0.1, 0.15) is 11.1 Å². The molecule has 0 fully saturated rings. The largest absolute Gasteiger partial charge is 0.368 e. The third-order valence-electron chi connectivity index (χ3n) is 2.31. The second-order valence-electron chi connectivity index (χ2n) is 3.92. The third kappa shape index (κ3) is 3.49. The van der Waals surface area contributed by atoms with Gasteiger partial charge in [0.25, 0.3) is 0 Å². The maximum Gasteiger partial charge on any atom is 0.236 e. The van der Waals surface area contributed by atoms with Crippen LogP contribution in [0.15, 0.2) is 18.2 Å². The van der Waals surface area contributed by atoms with Gasteiger partial charge in [0, 0.05) is 0 Å². The highest BCUT2D eigenvalue weighted by atomic mass is 16.2. The third-order valence-corrected chi connectivity index (χ3v) is 2.31. The van der Waals surface area contributed by atoms with Gasteiger partial charge in [-0.05, 0) is 24.6 Å². The average molecular weight is 246 g/mol. The second kappa shape index (κ2) is 5.68. The van der Waals surface area contributed by atoms with E-state index < -0.39 is 11.8 Å². The molecule has 1 aromatic carbocycles. The minimum Gasteiger partial charge on any atom is -0.368 e. The first-order valence-corrected chi connectivity index (χ1v) is 5.26. The number of carbonyl (C=O) groups excluding carboxylic acids is 2. The zero-order chi connectivity index (χ0) is 13.7. The zero-order valence-corrected chi connectivity index (χ0v) is 10.0. The lowest BCUT2D eigenvalue weighted by Crippen LogP contribution is -2.40. The fraction of sp³-hybridized carbons (Fsp3) is 0.250. The molecule has 18 heavy (non-hydrogen) atoms. The van der Waals surface area contributed by atoms with E-state index in [1.165, 1.54) is 4.90 Å². The lowest BCUT2D eigenvalue weighted by atomic mass is 10.1. The molecule has 94 valence electrons. The van der Waals surface area contributed by atoms with Crippen molar-refractivity contribution >= 4 is 17.5 Å². The molecule has 0 unspecified atom stereocenters. The quantitative estimate of drug-likeness (QED) is 0.738. The molecule has 0 spiro atoms. The van der Waals surface area contributed by atoms with Gasteiger partial charge in [-0.25, -0.2) is 0 Å². The lowest BCUT2D eigenvalue weighted by molar-refractivity contribution is -0.117. The maximum absolute atomic E-state index is 11.0. The summed E-state index contributed by atoms with van der Waals surface area (Å²) in [7, 11) is 0. The minimum atomic E-state index is -0.597. The monoisotopic (exact) mass is 246 g/mol. The van der Waals surface area contributed by atoms with Crippen LogP contribution in [0.4, 0.5) is 5.69 Å². The molecular weight excluding hydrogens is 232 g/mol. The Bertz CT molecular complexity index is 503. The Morgan fingerprint density at radius 3 is 2.28 bits per heavy atom. The molecule has 0 aliphatic carbocycles. The Balaban J connectivity index is 3.15. The first-order valence-electron chi connectivity index (χ1n) is 5.26. The van der Waals surface area contributed by atoms with Crippen LogP contribution in [-0.4, -0.2) is 24.9 Å². The lowest BCUT2D eigenvalue weighted by Gasteiger charge is -2.22. The number of benzene rings is 1. The van der Waals surface area contributed by atoms with Crippen LogP contribution in [0.25, 0.3) is 0 Å². The molecule has 1 rings (SSSR count). The van der Waals surface area contributed by atoms with E-state index in [1.54, 1.807) is 18.2 Å². The first-order chi connectivity index (χ1) is 8.43. The van der Waals surface area contributed by atoms with Crippen LogP contribution in [-0.2, 0) is 9.59 Å². The van der Waals surface area contributed by atoms with Crippen molar-refractivity contribution in [3.05, 3.63) is 29.3 Å². The minimum absolute atomic E-state index is 0.166. The molecule has 6 nitrogen and oxygen atoms in total. The molecule has 0 heterocycles. The standard InChI is InChI=1S/C12H14N4O2/c1-8-2-3-10(9(4-8)5-13)16(6-11(14)17)7-12(15)18/h2-4H,6-7H2,1H3,(H2,14,17)(H2,15,18). The van der Waals surface area contributed by atoms with E-state index in [9.17, 15) is 9.59 Å². The van der Waals surface area contributed by atoms with Crippen LogP contribution in [0, 0.1) is 18.3 Å². The molecule has 2 amide bonds. The fourth-order valence-electron chi connectivity index (χ4n) is 1.62. The van der Waals surface area contributed by atoms with E-state index in [4.69, 9.17) is 16.7 Å². The summed E-state index contributed by atoms with van der Waals surface area (Å²) in [5, 5.41) is 9.05. The zero-order valence-electron chi connectivity index (χ0n) is 10.0. The Morgan fingerprint density at radius 2 is 1.83 bits per heavy atom. The van der Waals surface area contributed by atoms with Crippen molar-refractivity contribution in [2.24, 2.45) is 11.5 Å². The van der Waals surface area contributed by atoms with Gasteiger partial charge in [-0.2, -0.15) is 5.26 Å². The summed E-state index contributed by atoms with van der Waals surface area (Å²) in [4.78, 5) is 23.3. The molecule has 0 bridgehead atoms. The second-order valence-corrected chi connectivity index (χ2v) is 3.92. The number of rotatable bonds is 5. The van der Waals surface area contributed by atoms with E-state index >= 15 is 0 Å². The molecular formula is C12H14N4O2. The number of aryl methyl sites for hydroxylation is 1. The summed E-state index contributed by atoms with van der Waals surface area (Å²) >= 11 is 0. The normalized spacial score (nSPS) is 9.56. The van der Waals surface area contributed by atoms with Crippen LogP contribution < -0.4 is 16.4 Å². The van der Waals surface area contributed by atoms with Crippen LogP contribution >= 0.6 is 0 Å². The number of carbonyl (C=O) groups is 2. The Morgan fingerprint density at radius 1 is 1.28 bits per heavy atom. The molecule has 0 radical (unpaired) electrons. The van der Waals surface area contributed by atoms with E-state index in [0.717, 1.165) is 5.56 Å². The summed E-state index contributed by atoms with van der Waals surface area (Å²) in [6.45, 7) is 1.51. The van der Waals surface area contributed by atoms with E-state index in [2.05, 4.69) is 0 Å². The number of nitrogens with two attached hydrogens (primary N) is 2. The van der Waals surface area contributed by atoms with Gasteiger partial charge < -0.3 is 16.4 Å². The predicted molar refractivity (Wildman–Crippen MR) is 66.5 cm³/mol. The number of primary amides is 2. The molecule has 6 heteroatoms. The van der Waals surface area contributed by atoms with E-state index in [1.807, 2.05) is 13.0 Å². The van der Waals surface area contributed by atoms with Crippen molar-refractivity contribution in [3.8, 4) is 6.07 Å². The van der Waals surface area contributed by atoms with Crippen molar-refractivity contribution in [1.82, 2.24) is 0 Å². The van der Waals surface area contributed by atoms with Gasteiger partial charge in [-0.1, -0.05) is 6.07 Å². The molecule has 0 aromatic heterocycles. The number of nitrogens with zero attached hydrogens (tertiary/aromatic N) is 2. The summed E-state index contributed by atoms with van der Waals surface area (Å²) in [5.74, 6) is -1.19. The highest BCUT2D eigenvalue weighted by Crippen LogP contribution is 2.20. The Labute approximate surface area is 105 Å². The number of amides is 2. The van der Waals surface area contributed by atoms with Crippen molar-refractivity contribution in [3.63, 3.8) is 0 Å². The molecule has 0 saturated carbocycles. The van der Waals surface area contributed by atoms with Crippen molar-refractivity contribution in [1.29, 1.82) is 5.26 Å². The van der Waals surface area contributed by atoms with Crippen LogP contribution in [0.5, 0.6) is 0 Å². The number of nitriles is 1. The van der Waals surface area contributed by atoms with Gasteiger partial charge in [0.2, 0.25) is 11.8 Å². The molecule has 0 saturated heterocycles. The van der Waals surface area contributed by atoms with Crippen molar-refractivity contribution in [2.45, 2.75) is 6.92 Å². The highest BCUT2D eigenvalue weighted by molar-refractivity contribution is 5.85. The van der Waals surface area contributed by atoms with Crippen LogP contribution in [0.2, 0.25) is 0 Å². The van der Waals surface area contributed by atoms with Crippen molar-refractivity contribution < 1.29 is 9.59 Å². The van der Waals surface area contributed by atoms with Crippen LogP contribution in [0.3, 0.4) is 0 Å². The fourth-order valence-corrected chi connectivity index (χ4v) is 1.62. The Kier molecular flexibility index (Phi) is 4.27. The molecule has 0 aliphatic heterocycles.